The lowest BCUT2D eigenvalue weighted by Crippen LogP contribution is -1.80. The standard InChI is InChI=1S/C9H20S4/c1-2-3-4-5-6-7-8-9-11-13-12-10/h10H,2-9H2,1H3. The van der Waals surface area contributed by atoms with Crippen LogP contribution in [0.15, 0.2) is 0 Å². The largest absolute Gasteiger partial charge is 0.0989 e. The minimum atomic E-state index is 1.28. The van der Waals surface area contributed by atoms with Crippen LogP contribution in [-0.2, 0) is 0 Å². The number of unbranched alkanes of at least 4 members (excludes halogenated alkanes) is 6. The van der Waals surface area contributed by atoms with Gasteiger partial charge in [-0.05, 0) is 26.1 Å². The van der Waals surface area contributed by atoms with Crippen molar-refractivity contribution >= 4 is 42.1 Å². The van der Waals surface area contributed by atoms with Gasteiger partial charge in [0, 0.05) is 5.75 Å². The predicted molar refractivity (Wildman–Crippen MR) is 74.6 cm³/mol. The van der Waals surface area contributed by atoms with Gasteiger partial charge in [0.2, 0.25) is 0 Å². The molecule has 0 N–H and O–H groups in total. The molecule has 0 nitrogen and oxygen atoms in total. The van der Waals surface area contributed by atoms with Crippen molar-refractivity contribution in [2.24, 2.45) is 0 Å². The van der Waals surface area contributed by atoms with Crippen LogP contribution in [0.25, 0.3) is 0 Å². The van der Waals surface area contributed by atoms with Gasteiger partial charge < -0.3 is 0 Å². The molecule has 0 aliphatic rings. The topological polar surface area (TPSA) is 0 Å². The summed E-state index contributed by atoms with van der Waals surface area (Å²) in [6.07, 6.45) is 9.86. The fraction of sp³-hybridized carbons (Fsp3) is 1.00. The van der Waals surface area contributed by atoms with Crippen molar-refractivity contribution in [3.05, 3.63) is 0 Å². The highest BCUT2D eigenvalue weighted by atomic mass is 33.7. The minimum absolute atomic E-state index is 1.28. The van der Waals surface area contributed by atoms with Crippen LogP contribution >= 0.6 is 42.1 Å². The van der Waals surface area contributed by atoms with Gasteiger partial charge in [0.15, 0.2) is 0 Å². The normalized spacial score (nSPS) is 10.6. The molecule has 0 bridgehead atoms. The molecule has 0 rings (SSSR count). The second-order valence-corrected chi connectivity index (χ2v) is 8.14. The number of hydrogen-bond acceptors (Lipinski definition) is 4. The van der Waals surface area contributed by atoms with Gasteiger partial charge in [0.25, 0.3) is 0 Å². The Labute approximate surface area is 99.4 Å². The predicted octanol–water partition coefficient (Wildman–Crippen LogP) is 5.61. The third kappa shape index (κ3) is 13.4. The first-order valence-corrected chi connectivity index (χ1v) is 9.72. The molecule has 0 unspecified atom stereocenters. The number of hydrogen-bond donors (Lipinski definition) is 1. The molecule has 0 aromatic heterocycles. The summed E-state index contributed by atoms with van der Waals surface area (Å²) in [5.41, 5.74) is 0. The smallest absolute Gasteiger partial charge is 0.00454 e. The van der Waals surface area contributed by atoms with Crippen molar-refractivity contribution < 1.29 is 0 Å². The third-order valence-corrected chi connectivity index (χ3v) is 6.55. The van der Waals surface area contributed by atoms with Gasteiger partial charge in [0.1, 0.15) is 0 Å². The Morgan fingerprint density at radius 1 is 0.923 bits per heavy atom. The van der Waals surface area contributed by atoms with Gasteiger partial charge in [-0.1, -0.05) is 67.9 Å². The lowest BCUT2D eigenvalue weighted by atomic mass is 10.1. The van der Waals surface area contributed by atoms with Crippen LogP contribution in [0.5, 0.6) is 0 Å². The summed E-state index contributed by atoms with van der Waals surface area (Å²) in [6.45, 7) is 2.27. The summed E-state index contributed by atoms with van der Waals surface area (Å²) in [5.74, 6) is 1.28. The van der Waals surface area contributed by atoms with Gasteiger partial charge in [0.05, 0.1) is 0 Å². The van der Waals surface area contributed by atoms with Gasteiger partial charge >= 0.3 is 0 Å². The number of thiol groups is 1. The first-order valence-electron chi connectivity index (χ1n) is 5.01. The highest BCUT2D eigenvalue weighted by molar-refractivity contribution is 9.23. The monoisotopic (exact) mass is 256 g/mol. The van der Waals surface area contributed by atoms with E-state index in [4.69, 9.17) is 0 Å². The van der Waals surface area contributed by atoms with Crippen molar-refractivity contribution in [2.75, 3.05) is 5.75 Å². The molecule has 0 radical (unpaired) electrons. The van der Waals surface area contributed by atoms with Crippen LogP contribution in [0.1, 0.15) is 51.9 Å². The maximum Gasteiger partial charge on any atom is 0.00454 e. The van der Waals surface area contributed by atoms with Crippen molar-refractivity contribution in [2.45, 2.75) is 51.9 Å². The van der Waals surface area contributed by atoms with Gasteiger partial charge in [-0.3, -0.25) is 0 Å². The Hall–Kier alpha value is 1.40. The highest BCUT2D eigenvalue weighted by Crippen LogP contribution is 2.37. The van der Waals surface area contributed by atoms with Crippen molar-refractivity contribution in [1.29, 1.82) is 0 Å². The Morgan fingerprint density at radius 3 is 2.15 bits per heavy atom. The number of rotatable bonds is 10. The Balaban J connectivity index is 2.76. The Bertz CT molecular complexity index is 77.7. The first kappa shape index (κ1) is 14.4. The van der Waals surface area contributed by atoms with Gasteiger partial charge in [-0.15, -0.1) is 0 Å². The average Bonchev–Trinajstić information content (AvgIpc) is 2.16. The SMILES string of the molecule is CCCCCCCCCSSSS. The molecular formula is C9H20S4. The average molecular weight is 257 g/mol. The Kier molecular flexibility index (Phi) is 14.8. The van der Waals surface area contributed by atoms with Crippen LogP contribution in [0.4, 0.5) is 0 Å². The summed E-state index contributed by atoms with van der Waals surface area (Å²) in [4.78, 5) is 0. The molecule has 0 fully saturated rings. The van der Waals surface area contributed by atoms with E-state index in [9.17, 15) is 0 Å². The minimum Gasteiger partial charge on any atom is -0.0989 e. The fourth-order valence-corrected chi connectivity index (χ4v) is 4.46. The fourth-order valence-electron chi connectivity index (χ4n) is 1.17. The van der Waals surface area contributed by atoms with Crippen LogP contribution in [0.3, 0.4) is 0 Å². The lowest BCUT2D eigenvalue weighted by Gasteiger charge is -1.99. The highest BCUT2D eigenvalue weighted by Gasteiger charge is 1.91. The zero-order chi connectivity index (χ0) is 9.78. The molecule has 0 saturated heterocycles. The van der Waals surface area contributed by atoms with E-state index >= 15 is 0 Å². The maximum absolute atomic E-state index is 4.06. The molecule has 0 saturated carbocycles. The van der Waals surface area contributed by atoms with Crippen molar-refractivity contribution in [3.8, 4) is 0 Å². The van der Waals surface area contributed by atoms with E-state index in [1.807, 2.05) is 10.8 Å². The zero-order valence-corrected chi connectivity index (χ0v) is 11.7. The van der Waals surface area contributed by atoms with Gasteiger partial charge in [-0.25, -0.2) is 0 Å². The van der Waals surface area contributed by atoms with Crippen LogP contribution in [0, 0.1) is 0 Å². The summed E-state index contributed by atoms with van der Waals surface area (Å²) in [7, 11) is 5.25. The van der Waals surface area contributed by atoms with E-state index in [0.29, 0.717) is 0 Å². The van der Waals surface area contributed by atoms with Crippen LogP contribution in [-0.4, -0.2) is 5.75 Å². The first-order chi connectivity index (χ1) is 6.41. The summed E-state index contributed by atoms with van der Waals surface area (Å²) in [6, 6.07) is 0. The molecule has 4 heteroatoms. The van der Waals surface area contributed by atoms with Gasteiger partial charge in [-0.2, -0.15) is 0 Å². The molecule has 13 heavy (non-hydrogen) atoms. The molecular weight excluding hydrogens is 236 g/mol. The van der Waals surface area contributed by atoms with E-state index in [1.54, 1.807) is 19.7 Å². The maximum atomic E-state index is 4.06. The molecule has 0 atom stereocenters. The summed E-state index contributed by atoms with van der Waals surface area (Å²) < 4.78 is 0. The molecule has 0 aliphatic heterocycles. The third-order valence-electron chi connectivity index (χ3n) is 1.91. The van der Waals surface area contributed by atoms with Crippen molar-refractivity contribution in [1.82, 2.24) is 0 Å². The molecule has 80 valence electrons. The van der Waals surface area contributed by atoms with E-state index < -0.39 is 0 Å². The van der Waals surface area contributed by atoms with E-state index in [-0.39, 0.29) is 0 Å². The van der Waals surface area contributed by atoms with Crippen LogP contribution in [0.2, 0.25) is 0 Å². The summed E-state index contributed by atoms with van der Waals surface area (Å²) >= 11 is 4.06. The second kappa shape index (κ2) is 13.4. The second-order valence-electron chi connectivity index (χ2n) is 3.09. The molecule has 0 aromatic carbocycles. The molecule has 0 spiro atoms. The van der Waals surface area contributed by atoms with E-state index in [2.05, 4.69) is 18.6 Å². The Morgan fingerprint density at radius 2 is 1.54 bits per heavy atom. The van der Waals surface area contributed by atoms with Crippen LogP contribution < -0.4 is 0 Å². The molecule has 0 amide bonds. The lowest BCUT2D eigenvalue weighted by molar-refractivity contribution is 0.604. The van der Waals surface area contributed by atoms with E-state index in [0.717, 1.165) is 0 Å². The summed E-state index contributed by atoms with van der Waals surface area (Å²) in [5, 5.41) is 0. The molecule has 0 heterocycles. The molecule has 0 aliphatic carbocycles. The van der Waals surface area contributed by atoms with Crippen molar-refractivity contribution in [3.63, 3.8) is 0 Å². The quantitative estimate of drug-likeness (QED) is 0.307. The van der Waals surface area contributed by atoms with E-state index in [1.165, 1.54) is 50.7 Å². The zero-order valence-electron chi connectivity index (χ0n) is 8.33. The molecule has 0 aromatic rings.